The molecule has 10 nitrogen and oxygen atoms in total. The molecule has 6 rings (SSSR count). The number of ketones is 1. The summed E-state index contributed by atoms with van der Waals surface area (Å²) in [7, 11) is 1.89. The highest BCUT2D eigenvalue weighted by Crippen LogP contribution is 2.39. The molecule has 47 heavy (non-hydrogen) atoms. The van der Waals surface area contributed by atoms with Crippen molar-refractivity contribution in [2.24, 2.45) is 13.0 Å². The minimum absolute atomic E-state index is 0.00351. The summed E-state index contributed by atoms with van der Waals surface area (Å²) in [5.41, 5.74) is 2.34. The monoisotopic (exact) mass is 684 g/mol. The van der Waals surface area contributed by atoms with Crippen molar-refractivity contribution in [1.82, 2.24) is 14.4 Å². The molecule has 0 spiro atoms. The SMILES string of the molecule is CCOC1CN(C(O[C@H]2CC[C@H](C(=O)O)CC2)(C(=O)Cc2cc(Cl)c(NC(=O)c3cn(C)c4ccccc34)cc2Cl)N2CCCC2)C1. The predicted molar refractivity (Wildman–Crippen MR) is 181 cm³/mol. The van der Waals surface area contributed by atoms with Crippen LogP contribution in [0.4, 0.5) is 5.69 Å². The minimum Gasteiger partial charge on any atom is -0.481 e. The first kappa shape index (κ1) is 33.9. The molecule has 1 aliphatic carbocycles. The number of carbonyl (C=O) groups excluding carboxylic acids is 2. The number of fused-ring (bicyclic) bond motifs is 1. The maximum Gasteiger partial charge on any atom is 0.306 e. The third kappa shape index (κ3) is 6.82. The second-order valence-electron chi connectivity index (χ2n) is 12.9. The quantitative estimate of drug-likeness (QED) is 0.240. The molecule has 3 heterocycles. The average molecular weight is 686 g/mol. The summed E-state index contributed by atoms with van der Waals surface area (Å²) in [6.45, 7) is 5.06. The number of hydrogen-bond acceptors (Lipinski definition) is 7. The highest BCUT2D eigenvalue weighted by atomic mass is 35.5. The Kier molecular flexibility index (Phi) is 10.3. The van der Waals surface area contributed by atoms with E-state index in [4.69, 9.17) is 32.7 Å². The number of amides is 1. The van der Waals surface area contributed by atoms with Gasteiger partial charge in [-0.2, -0.15) is 0 Å². The molecule has 1 saturated carbocycles. The Morgan fingerprint density at radius 1 is 0.979 bits per heavy atom. The molecule has 2 saturated heterocycles. The predicted octanol–water partition coefficient (Wildman–Crippen LogP) is 5.98. The van der Waals surface area contributed by atoms with E-state index in [-0.39, 0.29) is 35.3 Å². The number of likely N-dealkylation sites (tertiary alicyclic amines) is 2. The van der Waals surface area contributed by atoms with Gasteiger partial charge in [0.15, 0.2) is 5.78 Å². The van der Waals surface area contributed by atoms with E-state index in [9.17, 15) is 19.5 Å². The Labute approximate surface area is 284 Å². The number of Topliss-reactive ketones (excluding diaryl/α,β-unsaturated/α-hetero) is 1. The molecule has 3 aliphatic rings. The Morgan fingerprint density at radius 3 is 2.36 bits per heavy atom. The zero-order chi connectivity index (χ0) is 33.3. The number of halogens is 2. The van der Waals surface area contributed by atoms with Gasteiger partial charge in [0.2, 0.25) is 5.85 Å². The number of carbonyl (C=O) groups is 3. The number of aryl methyl sites for hydroxylation is 1. The second-order valence-corrected chi connectivity index (χ2v) is 13.7. The lowest BCUT2D eigenvalue weighted by molar-refractivity contribution is -0.283. The number of nitrogens with zero attached hydrogens (tertiary/aromatic N) is 3. The Bertz CT molecular complexity index is 1640. The van der Waals surface area contributed by atoms with Crippen molar-refractivity contribution in [1.29, 1.82) is 0 Å². The average Bonchev–Trinajstić information content (AvgIpc) is 3.69. The highest BCUT2D eigenvalue weighted by Gasteiger charge is 2.56. The van der Waals surface area contributed by atoms with Crippen LogP contribution in [0.5, 0.6) is 0 Å². The molecule has 0 radical (unpaired) electrons. The van der Waals surface area contributed by atoms with Crippen molar-refractivity contribution in [3.05, 3.63) is 63.8 Å². The lowest BCUT2D eigenvalue weighted by atomic mass is 9.87. The van der Waals surface area contributed by atoms with E-state index < -0.39 is 17.7 Å². The van der Waals surface area contributed by atoms with E-state index in [0.29, 0.717) is 80.3 Å². The minimum atomic E-state index is -1.33. The van der Waals surface area contributed by atoms with Gasteiger partial charge in [-0.1, -0.05) is 41.4 Å². The Hall–Kier alpha value is -2.99. The van der Waals surface area contributed by atoms with Gasteiger partial charge in [-0.05, 0) is 69.2 Å². The summed E-state index contributed by atoms with van der Waals surface area (Å²) in [4.78, 5) is 43.8. The molecule has 3 aromatic rings. The second kappa shape index (κ2) is 14.2. The van der Waals surface area contributed by atoms with Gasteiger partial charge in [0.25, 0.3) is 5.91 Å². The number of nitrogens with one attached hydrogen (secondary N) is 1. The van der Waals surface area contributed by atoms with Crippen LogP contribution in [0, 0.1) is 5.92 Å². The first-order valence-electron chi connectivity index (χ1n) is 16.5. The molecule has 252 valence electrons. The van der Waals surface area contributed by atoms with Crippen LogP contribution in [-0.2, 0) is 32.5 Å². The van der Waals surface area contributed by atoms with E-state index in [1.165, 1.54) is 0 Å². The van der Waals surface area contributed by atoms with Gasteiger partial charge in [0.1, 0.15) is 0 Å². The first-order valence-corrected chi connectivity index (χ1v) is 17.2. The van der Waals surface area contributed by atoms with Gasteiger partial charge < -0.3 is 24.5 Å². The van der Waals surface area contributed by atoms with Gasteiger partial charge in [-0.15, -0.1) is 0 Å². The zero-order valence-electron chi connectivity index (χ0n) is 26.8. The molecule has 1 aromatic heterocycles. The number of carboxylic acids is 1. The molecule has 2 N–H and O–H groups in total. The molecular formula is C35H42Cl2N4O6. The van der Waals surface area contributed by atoms with Crippen LogP contribution in [-0.4, -0.2) is 88.0 Å². The van der Waals surface area contributed by atoms with Gasteiger partial charge in [0.05, 0.1) is 34.4 Å². The summed E-state index contributed by atoms with van der Waals surface area (Å²) in [6.07, 6.45) is 5.55. The number of carboxylic acid groups (broad SMARTS) is 1. The molecule has 0 bridgehead atoms. The van der Waals surface area contributed by atoms with E-state index in [2.05, 4.69) is 15.1 Å². The van der Waals surface area contributed by atoms with E-state index in [0.717, 1.165) is 23.7 Å². The van der Waals surface area contributed by atoms with Crippen LogP contribution in [0.3, 0.4) is 0 Å². The molecule has 1 amide bonds. The van der Waals surface area contributed by atoms with E-state index in [1.807, 2.05) is 42.8 Å². The van der Waals surface area contributed by atoms with Crippen LogP contribution in [0.25, 0.3) is 10.9 Å². The van der Waals surface area contributed by atoms with Gasteiger partial charge >= 0.3 is 5.97 Å². The molecular weight excluding hydrogens is 643 g/mol. The number of rotatable bonds is 12. The van der Waals surface area contributed by atoms with Crippen molar-refractivity contribution < 1.29 is 29.0 Å². The van der Waals surface area contributed by atoms with Crippen molar-refractivity contribution in [3.63, 3.8) is 0 Å². The maximum atomic E-state index is 14.7. The summed E-state index contributed by atoms with van der Waals surface area (Å²) >= 11 is 13.5. The topological polar surface area (TPSA) is 113 Å². The molecule has 1 unspecified atom stereocenters. The van der Waals surface area contributed by atoms with Crippen LogP contribution in [0.15, 0.2) is 42.6 Å². The highest BCUT2D eigenvalue weighted by molar-refractivity contribution is 6.36. The maximum absolute atomic E-state index is 14.7. The fourth-order valence-electron chi connectivity index (χ4n) is 7.29. The number of ether oxygens (including phenoxy) is 2. The van der Waals surface area contributed by atoms with E-state index in [1.54, 1.807) is 18.3 Å². The fraction of sp³-hybridized carbons (Fsp3) is 0.514. The zero-order valence-corrected chi connectivity index (χ0v) is 28.4. The van der Waals surface area contributed by atoms with Crippen LogP contribution < -0.4 is 5.32 Å². The number of aromatic nitrogens is 1. The molecule has 2 aromatic carbocycles. The van der Waals surface area contributed by atoms with Crippen LogP contribution in [0.1, 0.15) is 61.4 Å². The normalized spacial score (nSPS) is 22.2. The van der Waals surface area contributed by atoms with Crippen LogP contribution >= 0.6 is 23.2 Å². The standard InChI is InChI=1S/C35H42Cl2N4O6/c1-3-46-25-19-41(20-25)35(40-14-6-7-15-40,47-24-12-10-22(11-13-24)34(44)45)32(42)17-23-16-29(37)30(18-28(23)36)38-33(43)27-21-39(2)31-9-5-4-8-26(27)31/h4-5,8-9,16,18,21-22,24-25H,3,6-7,10-15,17,19-20H2,1-2H3,(H,38,43)(H,44,45)/t22-,24-,35?. The third-order valence-electron chi connectivity index (χ3n) is 9.81. The summed E-state index contributed by atoms with van der Waals surface area (Å²) in [5.74, 6) is -2.97. The van der Waals surface area contributed by atoms with Crippen molar-refractivity contribution >= 4 is 57.5 Å². The molecule has 3 fully saturated rings. The number of benzene rings is 2. The number of aliphatic carboxylic acids is 1. The first-order chi connectivity index (χ1) is 22.6. The van der Waals surface area contributed by atoms with Crippen LogP contribution in [0.2, 0.25) is 10.0 Å². The number of para-hydroxylation sites is 1. The van der Waals surface area contributed by atoms with E-state index >= 15 is 0 Å². The molecule has 2 aliphatic heterocycles. The largest absolute Gasteiger partial charge is 0.481 e. The molecule has 12 heteroatoms. The summed E-state index contributed by atoms with van der Waals surface area (Å²) in [6, 6.07) is 10.9. The van der Waals surface area contributed by atoms with Crippen molar-refractivity contribution in [2.45, 2.75) is 69.9 Å². The molecule has 1 atom stereocenters. The summed E-state index contributed by atoms with van der Waals surface area (Å²) < 4.78 is 14.7. The summed E-state index contributed by atoms with van der Waals surface area (Å²) in [5, 5.41) is 13.8. The van der Waals surface area contributed by atoms with Crippen molar-refractivity contribution in [2.75, 3.05) is 38.1 Å². The smallest absolute Gasteiger partial charge is 0.306 e. The number of hydrogen-bond donors (Lipinski definition) is 2. The lowest BCUT2D eigenvalue weighted by Crippen LogP contribution is -2.74. The Balaban J connectivity index is 1.25. The fourth-order valence-corrected chi connectivity index (χ4v) is 7.76. The lowest BCUT2D eigenvalue weighted by Gasteiger charge is -2.55. The Morgan fingerprint density at radius 2 is 1.68 bits per heavy atom. The number of anilines is 1. The third-order valence-corrected chi connectivity index (χ3v) is 10.5. The van der Waals surface area contributed by atoms with Gasteiger partial charge in [0, 0.05) is 68.4 Å². The van der Waals surface area contributed by atoms with Gasteiger partial charge in [-0.3, -0.25) is 24.2 Å². The van der Waals surface area contributed by atoms with Gasteiger partial charge in [-0.25, -0.2) is 0 Å². The van der Waals surface area contributed by atoms with Crippen molar-refractivity contribution in [3.8, 4) is 0 Å².